The van der Waals surface area contributed by atoms with Crippen LogP contribution in [-0.2, 0) is 14.2 Å². The molecule has 0 aromatic rings. The van der Waals surface area contributed by atoms with Crippen molar-refractivity contribution in [2.24, 2.45) is 16.7 Å². The smallest absolute Gasteiger partial charge is 0.0706 e. The molecule has 0 radical (unpaired) electrons. The van der Waals surface area contributed by atoms with E-state index in [-0.39, 0.29) is 40.2 Å². The molecule has 0 aliphatic rings. The Morgan fingerprint density at radius 1 is 0.727 bits per heavy atom. The summed E-state index contributed by atoms with van der Waals surface area (Å²) in [6.07, 6.45) is 5.24. The van der Waals surface area contributed by atoms with Crippen molar-refractivity contribution in [3.63, 3.8) is 0 Å². The van der Waals surface area contributed by atoms with E-state index in [9.17, 15) is 5.11 Å². The lowest BCUT2D eigenvalue weighted by molar-refractivity contribution is -0.170. The molecule has 0 aliphatic heterocycles. The second-order valence-electron chi connectivity index (χ2n) is 12.6. The predicted molar refractivity (Wildman–Crippen MR) is 142 cm³/mol. The van der Waals surface area contributed by atoms with Crippen LogP contribution in [0.2, 0.25) is 0 Å². The van der Waals surface area contributed by atoms with Crippen LogP contribution in [0, 0.1) is 16.7 Å². The monoisotopic (exact) mass is 472 g/mol. The van der Waals surface area contributed by atoms with Crippen LogP contribution in [0.4, 0.5) is 0 Å². The van der Waals surface area contributed by atoms with E-state index in [1.54, 1.807) is 0 Å². The van der Waals surface area contributed by atoms with Gasteiger partial charge in [0, 0.05) is 12.5 Å². The molecule has 0 amide bonds. The summed E-state index contributed by atoms with van der Waals surface area (Å²) in [6.45, 7) is 31.5. The van der Waals surface area contributed by atoms with Crippen LogP contribution < -0.4 is 0 Å². The molecule has 0 fully saturated rings. The maximum absolute atomic E-state index is 10.4. The normalized spacial score (nSPS) is 20.7. The number of aliphatic hydroxyl groups is 1. The predicted octanol–water partition coefficient (Wildman–Crippen LogP) is 7.80. The van der Waals surface area contributed by atoms with Crippen LogP contribution in [0.25, 0.3) is 0 Å². The van der Waals surface area contributed by atoms with Gasteiger partial charge in [0.15, 0.2) is 0 Å². The molecule has 0 rings (SSSR count). The average molecular weight is 473 g/mol. The van der Waals surface area contributed by atoms with Crippen molar-refractivity contribution in [1.82, 2.24) is 0 Å². The lowest BCUT2D eigenvalue weighted by atomic mass is 9.68. The third kappa shape index (κ3) is 9.09. The van der Waals surface area contributed by atoms with Crippen LogP contribution in [0.15, 0.2) is 0 Å². The summed E-state index contributed by atoms with van der Waals surface area (Å²) < 4.78 is 19.3. The van der Waals surface area contributed by atoms with Crippen molar-refractivity contribution < 1.29 is 19.3 Å². The van der Waals surface area contributed by atoms with E-state index in [0.29, 0.717) is 13.2 Å². The summed E-state index contributed by atoms with van der Waals surface area (Å²) in [5.41, 5.74) is -1.28. The van der Waals surface area contributed by atoms with Crippen molar-refractivity contribution in [3.8, 4) is 0 Å². The van der Waals surface area contributed by atoms with Gasteiger partial charge in [-0.2, -0.15) is 0 Å². The highest BCUT2D eigenvalue weighted by atomic mass is 16.5. The van der Waals surface area contributed by atoms with Gasteiger partial charge in [-0.05, 0) is 91.4 Å². The van der Waals surface area contributed by atoms with Crippen LogP contribution in [0.1, 0.15) is 129 Å². The standard InChI is InChI=1S/C29H60O4/c1-15-27(12,29(14,17-3)32-21-23(6)26(10,11)30)18-19-31-28(13,16-2)25(8,9)20-24(7)33-22(4)5/h22-24,30H,15-21H2,1-14H3. The molecule has 0 aromatic heterocycles. The summed E-state index contributed by atoms with van der Waals surface area (Å²) in [4.78, 5) is 0. The average Bonchev–Trinajstić information content (AvgIpc) is 2.69. The second-order valence-corrected chi connectivity index (χ2v) is 12.6. The Labute approximate surface area is 207 Å². The fraction of sp³-hybridized carbons (Fsp3) is 1.00. The van der Waals surface area contributed by atoms with Gasteiger partial charge in [0.05, 0.1) is 35.6 Å². The third-order valence-corrected chi connectivity index (χ3v) is 9.07. The van der Waals surface area contributed by atoms with Crippen LogP contribution in [0.3, 0.4) is 0 Å². The van der Waals surface area contributed by atoms with E-state index in [1.807, 2.05) is 13.8 Å². The van der Waals surface area contributed by atoms with E-state index < -0.39 is 5.60 Å². The van der Waals surface area contributed by atoms with Gasteiger partial charge in [-0.3, -0.25) is 0 Å². The zero-order valence-corrected chi connectivity index (χ0v) is 24.9. The Hall–Kier alpha value is -0.160. The summed E-state index contributed by atoms with van der Waals surface area (Å²) in [6, 6.07) is 0. The van der Waals surface area contributed by atoms with E-state index in [0.717, 1.165) is 32.1 Å². The van der Waals surface area contributed by atoms with Crippen LogP contribution in [-0.4, -0.2) is 47.3 Å². The first-order valence-corrected chi connectivity index (χ1v) is 13.5. The minimum atomic E-state index is -0.745. The topological polar surface area (TPSA) is 47.9 Å². The Morgan fingerprint density at radius 3 is 1.64 bits per heavy atom. The Morgan fingerprint density at radius 2 is 1.24 bits per heavy atom. The first-order chi connectivity index (χ1) is 14.8. The molecule has 0 spiro atoms. The molecule has 5 unspecified atom stereocenters. The van der Waals surface area contributed by atoms with Gasteiger partial charge in [0.2, 0.25) is 0 Å². The molecule has 0 aliphatic carbocycles. The van der Waals surface area contributed by atoms with Crippen molar-refractivity contribution >= 4 is 0 Å². The molecule has 200 valence electrons. The Bertz CT molecular complexity index is 552. The van der Waals surface area contributed by atoms with Gasteiger partial charge < -0.3 is 19.3 Å². The summed E-state index contributed by atoms with van der Waals surface area (Å²) in [7, 11) is 0. The fourth-order valence-electron chi connectivity index (χ4n) is 4.76. The zero-order valence-electron chi connectivity index (χ0n) is 24.9. The van der Waals surface area contributed by atoms with Crippen molar-refractivity contribution in [2.45, 2.75) is 158 Å². The van der Waals surface area contributed by atoms with Gasteiger partial charge >= 0.3 is 0 Å². The summed E-state index contributed by atoms with van der Waals surface area (Å²) in [5, 5.41) is 10.4. The van der Waals surface area contributed by atoms with Crippen molar-refractivity contribution in [3.05, 3.63) is 0 Å². The molecule has 0 aromatic carbocycles. The van der Waals surface area contributed by atoms with E-state index in [2.05, 4.69) is 83.1 Å². The molecule has 5 atom stereocenters. The molecule has 0 heterocycles. The van der Waals surface area contributed by atoms with E-state index >= 15 is 0 Å². The van der Waals surface area contributed by atoms with E-state index in [1.165, 1.54) is 0 Å². The maximum Gasteiger partial charge on any atom is 0.0706 e. The molecule has 0 saturated heterocycles. The molecule has 4 heteroatoms. The van der Waals surface area contributed by atoms with E-state index in [4.69, 9.17) is 14.2 Å². The lowest BCUT2D eigenvalue weighted by Crippen LogP contribution is -2.50. The molecular formula is C29H60O4. The number of rotatable bonds is 17. The highest BCUT2D eigenvalue weighted by Crippen LogP contribution is 2.46. The van der Waals surface area contributed by atoms with Crippen LogP contribution >= 0.6 is 0 Å². The lowest BCUT2D eigenvalue weighted by Gasteiger charge is -2.49. The Kier molecular flexibility index (Phi) is 12.6. The summed E-state index contributed by atoms with van der Waals surface area (Å²) in [5.74, 6) is 0.0694. The van der Waals surface area contributed by atoms with Gasteiger partial charge in [0.1, 0.15) is 0 Å². The number of hydrogen-bond donors (Lipinski definition) is 1. The summed E-state index contributed by atoms with van der Waals surface area (Å²) >= 11 is 0. The highest BCUT2D eigenvalue weighted by Gasteiger charge is 2.46. The van der Waals surface area contributed by atoms with Crippen molar-refractivity contribution in [1.29, 1.82) is 0 Å². The quantitative estimate of drug-likeness (QED) is 0.234. The minimum absolute atomic E-state index is 0.00856. The molecule has 1 N–H and O–H groups in total. The van der Waals surface area contributed by atoms with Crippen molar-refractivity contribution in [2.75, 3.05) is 13.2 Å². The highest BCUT2D eigenvalue weighted by molar-refractivity contribution is 4.95. The van der Waals surface area contributed by atoms with Crippen LogP contribution in [0.5, 0.6) is 0 Å². The SMILES string of the molecule is CCC(C)(CCOC(C)(CC)C(C)(C)CC(C)OC(C)C)C(C)(CC)OCC(C)C(C)(C)O. The first kappa shape index (κ1) is 32.8. The van der Waals surface area contributed by atoms with Gasteiger partial charge in [-0.15, -0.1) is 0 Å². The van der Waals surface area contributed by atoms with Gasteiger partial charge in [-0.25, -0.2) is 0 Å². The Balaban J connectivity index is 5.36. The molecule has 33 heavy (non-hydrogen) atoms. The molecule has 0 saturated carbocycles. The van der Waals surface area contributed by atoms with Gasteiger partial charge in [-0.1, -0.05) is 48.5 Å². The molecule has 4 nitrogen and oxygen atoms in total. The fourth-order valence-corrected chi connectivity index (χ4v) is 4.76. The first-order valence-electron chi connectivity index (χ1n) is 13.5. The van der Waals surface area contributed by atoms with Gasteiger partial charge in [0.25, 0.3) is 0 Å². The molecular weight excluding hydrogens is 412 g/mol. The number of hydrogen-bond acceptors (Lipinski definition) is 4. The molecule has 0 bridgehead atoms. The largest absolute Gasteiger partial charge is 0.390 e. The maximum atomic E-state index is 10.4. The minimum Gasteiger partial charge on any atom is -0.390 e. The number of ether oxygens (including phenoxy) is 3. The zero-order chi connectivity index (χ0) is 26.3. The second kappa shape index (κ2) is 12.7. The third-order valence-electron chi connectivity index (χ3n) is 9.07.